The summed E-state index contributed by atoms with van der Waals surface area (Å²) < 4.78 is 7.59. The van der Waals surface area contributed by atoms with Crippen LogP contribution < -0.4 is 9.30 Å². The molecule has 0 saturated carbocycles. The normalized spacial score (nSPS) is 11.2. The smallest absolute Gasteiger partial charge is 0.213 e. The second kappa shape index (κ2) is 6.21. The Labute approximate surface area is 148 Å². The predicted octanol–water partition coefficient (Wildman–Crippen LogP) is 5.06. The van der Waals surface area contributed by atoms with Crippen LogP contribution in [0.3, 0.4) is 0 Å². The number of ether oxygens (including phenoxy) is 1. The number of nitrogens with zero attached hydrogens (tertiary/aromatic N) is 1. The molecule has 2 heteroatoms. The van der Waals surface area contributed by atoms with E-state index in [0.717, 1.165) is 12.2 Å². The van der Waals surface area contributed by atoms with Gasteiger partial charge in [-0.3, -0.25) is 0 Å². The SMILES string of the molecule is CCc1cc(-c2ccc(OC)cc2)[n+](C)c2ccc3ccccc3c12. The van der Waals surface area contributed by atoms with Crippen LogP contribution >= 0.6 is 0 Å². The molecule has 0 spiro atoms. The van der Waals surface area contributed by atoms with E-state index in [1.807, 2.05) is 12.1 Å². The molecule has 0 aliphatic rings. The van der Waals surface area contributed by atoms with Crippen molar-refractivity contribution in [3.8, 4) is 17.0 Å². The molecule has 25 heavy (non-hydrogen) atoms. The minimum Gasteiger partial charge on any atom is -0.497 e. The molecule has 3 aromatic carbocycles. The summed E-state index contributed by atoms with van der Waals surface area (Å²) in [4.78, 5) is 0. The van der Waals surface area contributed by atoms with Crippen LogP contribution in [0.5, 0.6) is 5.75 Å². The Hall–Kier alpha value is -2.87. The fraction of sp³-hybridized carbons (Fsp3) is 0.174. The van der Waals surface area contributed by atoms with Crippen LogP contribution in [0.2, 0.25) is 0 Å². The van der Waals surface area contributed by atoms with Gasteiger partial charge >= 0.3 is 0 Å². The lowest BCUT2D eigenvalue weighted by atomic mass is 9.97. The summed E-state index contributed by atoms with van der Waals surface area (Å²) in [6.07, 6.45) is 1.01. The van der Waals surface area contributed by atoms with Crippen molar-refractivity contribution in [2.75, 3.05) is 7.11 Å². The van der Waals surface area contributed by atoms with Gasteiger partial charge in [-0.15, -0.1) is 0 Å². The molecular weight excluding hydrogens is 306 g/mol. The van der Waals surface area contributed by atoms with Crippen LogP contribution in [-0.4, -0.2) is 7.11 Å². The number of fused-ring (bicyclic) bond motifs is 3. The molecule has 2 nitrogen and oxygen atoms in total. The average molecular weight is 328 g/mol. The Kier molecular flexibility index (Phi) is 3.89. The van der Waals surface area contributed by atoms with E-state index in [1.165, 1.54) is 38.5 Å². The summed E-state index contributed by atoms with van der Waals surface area (Å²) in [5.74, 6) is 0.883. The predicted molar refractivity (Wildman–Crippen MR) is 104 cm³/mol. The van der Waals surface area contributed by atoms with Crippen LogP contribution in [0.25, 0.3) is 32.9 Å². The van der Waals surface area contributed by atoms with E-state index in [9.17, 15) is 0 Å². The summed E-state index contributed by atoms with van der Waals surface area (Å²) in [6, 6.07) is 23.7. The van der Waals surface area contributed by atoms with E-state index < -0.39 is 0 Å². The number of rotatable bonds is 3. The zero-order valence-corrected chi connectivity index (χ0v) is 14.9. The fourth-order valence-corrected chi connectivity index (χ4v) is 3.66. The summed E-state index contributed by atoms with van der Waals surface area (Å²) >= 11 is 0. The standard InChI is InChI=1S/C23H22NO/c1-4-16-15-22(18-9-12-19(25-3)13-10-18)24(2)21-14-11-17-7-5-6-8-20(17)23(16)21/h5-15H,4H2,1-3H3/q+1. The third-order valence-electron chi connectivity index (χ3n) is 5.03. The van der Waals surface area contributed by atoms with Crippen LogP contribution in [0, 0.1) is 0 Å². The van der Waals surface area contributed by atoms with Crippen LogP contribution in [0.15, 0.2) is 66.7 Å². The molecule has 0 N–H and O–H groups in total. The van der Waals surface area contributed by atoms with Crippen LogP contribution in [-0.2, 0) is 13.5 Å². The van der Waals surface area contributed by atoms with E-state index in [1.54, 1.807) is 7.11 Å². The van der Waals surface area contributed by atoms with E-state index >= 15 is 0 Å². The van der Waals surface area contributed by atoms with E-state index in [0.29, 0.717) is 0 Å². The third kappa shape index (κ3) is 2.54. The van der Waals surface area contributed by atoms with Gasteiger partial charge in [-0.2, -0.15) is 4.57 Å². The second-order valence-electron chi connectivity index (χ2n) is 6.38. The molecule has 0 aliphatic heterocycles. The van der Waals surface area contributed by atoms with Crippen molar-refractivity contribution in [3.05, 3.63) is 72.3 Å². The minimum absolute atomic E-state index is 0.883. The lowest BCUT2D eigenvalue weighted by Crippen LogP contribution is -2.32. The van der Waals surface area contributed by atoms with Crippen LogP contribution in [0.1, 0.15) is 12.5 Å². The molecule has 0 amide bonds. The molecule has 4 aromatic rings. The van der Waals surface area contributed by atoms with Crippen molar-refractivity contribution in [1.29, 1.82) is 0 Å². The average Bonchev–Trinajstić information content (AvgIpc) is 2.68. The zero-order chi connectivity index (χ0) is 17.4. The van der Waals surface area contributed by atoms with Gasteiger partial charge < -0.3 is 4.74 Å². The van der Waals surface area contributed by atoms with Gasteiger partial charge in [-0.25, -0.2) is 0 Å². The van der Waals surface area contributed by atoms with Gasteiger partial charge in [0, 0.05) is 17.7 Å². The van der Waals surface area contributed by atoms with Gasteiger partial charge in [0.05, 0.1) is 12.5 Å². The van der Waals surface area contributed by atoms with Crippen molar-refractivity contribution in [3.63, 3.8) is 0 Å². The highest BCUT2D eigenvalue weighted by atomic mass is 16.5. The van der Waals surface area contributed by atoms with Gasteiger partial charge in [0.15, 0.2) is 0 Å². The molecule has 0 saturated heterocycles. The van der Waals surface area contributed by atoms with Crippen molar-refractivity contribution < 1.29 is 9.30 Å². The Morgan fingerprint density at radius 1 is 0.920 bits per heavy atom. The van der Waals surface area contributed by atoms with Crippen molar-refractivity contribution in [1.82, 2.24) is 0 Å². The summed E-state index contributed by atoms with van der Waals surface area (Å²) in [5.41, 5.74) is 5.08. The Morgan fingerprint density at radius 3 is 2.40 bits per heavy atom. The minimum atomic E-state index is 0.883. The maximum atomic E-state index is 5.29. The monoisotopic (exact) mass is 328 g/mol. The zero-order valence-electron chi connectivity index (χ0n) is 14.9. The quantitative estimate of drug-likeness (QED) is 0.379. The number of benzene rings is 3. The number of aromatic nitrogens is 1. The first kappa shape index (κ1) is 15.6. The molecular formula is C23H22NO+. The van der Waals surface area contributed by atoms with Crippen LogP contribution in [0.4, 0.5) is 0 Å². The Balaban J connectivity index is 2.04. The summed E-state index contributed by atoms with van der Waals surface area (Å²) in [5, 5.41) is 3.98. The Morgan fingerprint density at radius 2 is 1.68 bits per heavy atom. The first-order valence-electron chi connectivity index (χ1n) is 8.70. The highest BCUT2D eigenvalue weighted by Crippen LogP contribution is 2.30. The molecule has 1 aromatic heterocycles. The molecule has 0 bridgehead atoms. The van der Waals surface area contributed by atoms with Crippen molar-refractivity contribution >= 4 is 21.7 Å². The van der Waals surface area contributed by atoms with Gasteiger partial charge in [0.2, 0.25) is 11.2 Å². The van der Waals surface area contributed by atoms with Gasteiger partial charge in [0.1, 0.15) is 12.8 Å². The highest BCUT2D eigenvalue weighted by Gasteiger charge is 2.19. The van der Waals surface area contributed by atoms with Crippen molar-refractivity contribution in [2.24, 2.45) is 7.05 Å². The second-order valence-corrected chi connectivity index (χ2v) is 6.38. The van der Waals surface area contributed by atoms with Gasteiger partial charge in [0.25, 0.3) is 0 Å². The highest BCUT2D eigenvalue weighted by molar-refractivity contribution is 6.07. The molecule has 1 heterocycles. The lowest BCUT2D eigenvalue weighted by molar-refractivity contribution is -0.633. The number of methoxy groups -OCH3 is 1. The molecule has 0 radical (unpaired) electrons. The number of hydrogen-bond acceptors (Lipinski definition) is 1. The number of pyridine rings is 1. The first-order valence-corrected chi connectivity index (χ1v) is 8.70. The van der Waals surface area contributed by atoms with Gasteiger partial charge in [-0.05, 0) is 53.1 Å². The molecule has 0 aliphatic carbocycles. The molecule has 0 unspecified atom stereocenters. The van der Waals surface area contributed by atoms with Gasteiger partial charge in [-0.1, -0.05) is 31.2 Å². The lowest BCUT2D eigenvalue weighted by Gasteiger charge is -2.11. The van der Waals surface area contributed by atoms with E-state index in [4.69, 9.17) is 4.74 Å². The topological polar surface area (TPSA) is 13.1 Å². The Bertz CT molecular complexity index is 1060. The summed E-state index contributed by atoms with van der Waals surface area (Å²) in [7, 11) is 3.85. The first-order chi connectivity index (χ1) is 12.2. The maximum absolute atomic E-state index is 5.29. The van der Waals surface area contributed by atoms with E-state index in [-0.39, 0.29) is 0 Å². The van der Waals surface area contributed by atoms with E-state index in [2.05, 4.69) is 73.1 Å². The molecule has 0 atom stereocenters. The number of hydrogen-bond donors (Lipinski definition) is 0. The fourth-order valence-electron chi connectivity index (χ4n) is 3.66. The number of aryl methyl sites for hydroxylation is 2. The molecule has 124 valence electrons. The third-order valence-corrected chi connectivity index (χ3v) is 5.03. The van der Waals surface area contributed by atoms with Crippen molar-refractivity contribution in [2.45, 2.75) is 13.3 Å². The molecule has 4 rings (SSSR count). The molecule has 0 fully saturated rings. The largest absolute Gasteiger partial charge is 0.497 e. The summed E-state index contributed by atoms with van der Waals surface area (Å²) in [6.45, 7) is 2.23. The maximum Gasteiger partial charge on any atom is 0.213 e.